The lowest BCUT2D eigenvalue weighted by Crippen LogP contribution is -2.24. The van der Waals surface area contributed by atoms with Crippen molar-refractivity contribution >= 4 is 23.2 Å². The molecule has 0 radical (unpaired) electrons. The Morgan fingerprint density at radius 3 is 2.54 bits per heavy atom. The lowest BCUT2D eigenvalue weighted by molar-refractivity contribution is -0.117. The van der Waals surface area contributed by atoms with Crippen LogP contribution in [0.2, 0.25) is 0 Å². The number of anilines is 2. The van der Waals surface area contributed by atoms with Crippen molar-refractivity contribution in [3.05, 3.63) is 77.6 Å². The topological polar surface area (TPSA) is 88.4 Å². The molecule has 0 saturated carbocycles. The number of nitrogens with one attached hydrogen (secondary N) is 1. The van der Waals surface area contributed by atoms with Crippen LogP contribution in [0.1, 0.15) is 27.5 Å². The van der Waals surface area contributed by atoms with Gasteiger partial charge in [0.2, 0.25) is 11.8 Å². The van der Waals surface area contributed by atoms with Crippen LogP contribution < -0.4 is 15.4 Å². The highest BCUT2D eigenvalue weighted by atomic mass is 16.5. The lowest BCUT2D eigenvalue weighted by atomic mass is 9.95. The number of benzene rings is 2. The van der Waals surface area contributed by atoms with Crippen LogP contribution in [0.4, 0.5) is 11.4 Å². The molecule has 0 fully saturated rings. The number of nitrogens with two attached hydrogens (primary N) is 1. The van der Waals surface area contributed by atoms with Crippen LogP contribution >= 0.6 is 0 Å². The van der Waals surface area contributed by atoms with E-state index in [0.717, 1.165) is 22.6 Å². The number of rotatable bonds is 4. The van der Waals surface area contributed by atoms with E-state index < -0.39 is 11.8 Å². The minimum Gasteiger partial charge on any atom is -0.497 e. The average Bonchev–Trinajstić information content (AvgIpc) is 3.26. The molecule has 130 valence electrons. The molecule has 1 aliphatic heterocycles. The minimum atomic E-state index is -0.520. The molecule has 1 aromatic heterocycles. The first kappa shape index (κ1) is 16.0. The second-order valence-electron chi connectivity index (χ2n) is 6.07. The molecule has 6 heteroatoms. The number of amides is 2. The van der Waals surface area contributed by atoms with E-state index in [1.54, 1.807) is 36.4 Å². The molecule has 4 rings (SSSR count). The number of hydrogen-bond donors (Lipinski definition) is 2. The van der Waals surface area contributed by atoms with Gasteiger partial charge in [0.05, 0.1) is 12.8 Å². The second kappa shape index (κ2) is 6.07. The molecule has 1 unspecified atom stereocenters. The predicted molar refractivity (Wildman–Crippen MR) is 97.7 cm³/mol. The van der Waals surface area contributed by atoms with Gasteiger partial charge in [-0.2, -0.15) is 0 Å². The smallest absolute Gasteiger partial charge is 0.248 e. The van der Waals surface area contributed by atoms with Gasteiger partial charge in [-0.05, 0) is 60.2 Å². The predicted octanol–water partition coefficient (Wildman–Crippen LogP) is 2.93. The zero-order valence-corrected chi connectivity index (χ0v) is 14.1. The van der Waals surface area contributed by atoms with Gasteiger partial charge >= 0.3 is 0 Å². The molecule has 3 N–H and O–H groups in total. The van der Waals surface area contributed by atoms with E-state index in [0.29, 0.717) is 11.3 Å². The summed E-state index contributed by atoms with van der Waals surface area (Å²) in [4.78, 5) is 29.6. The lowest BCUT2D eigenvalue weighted by Gasteiger charge is -2.18. The number of ether oxygens (including phenoxy) is 1. The maximum absolute atomic E-state index is 13.3. The van der Waals surface area contributed by atoms with E-state index in [1.807, 2.05) is 36.4 Å². The fourth-order valence-corrected chi connectivity index (χ4v) is 3.35. The van der Waals surface area contributed by atoms with Crippen molar-refractivity contribution < 1.29 is 14.3 Å². The molecule has 1 aliphatic rings. The summed E-state index contributed by atoms with van der Waals surface area (Å²) in [7, 11) is 1.60. The van der Waals surface area contributed by atoms with Gasteiger partial charge in [0.1, 0.15) is 11.7 Å². The number of primary amides is 1. The fraction of sp³-hybridized carbons (Fsp3) is 0.100. The number of fused-ring (bicyclic) bond motifs is 1. The van der Waals surface area contributed by atoms with Crippen LogP contribution in [0.25, 0.3) is 0 Å². The van der Waals surface area contributed by atoms with Crippen LogP contribution in [-0.4, -0.2) is 23.9 Å². The molecule has 2 aromatic carbocycles. The van der Waals surface area contributed by atoms with Crippen molar-refractivity contribution in [2.24, 2.45) is 5.73 Å². The van der Waals surface area contributed by atoms with Gasteiger partial charge in [-0.15, -0.1) is 0 Å². The molecule has 0 spiro atoms. The minimum absolute atomic E-state index is 0.0887. The van der Waals surface area contributed by atoms with Crippen molar-refractivity contribution in [2.75, 3.05) is 12.0 Å². The number of aromatic amines is 1. The van der Waals surface area contributed by atoms with Gasteiger partial charge in [0.15, 0.2) is 0 Å². The van der Waals surface area contributed by atoms with E-state index in [2.05, 4.69) is 4.98 Å². The first-order valence-electron chi connectivity index (χ1n) is 8.15. The number of methoxy groups -OCH3 is 1. The highest BCUT2D eigenvalue weighted by Crippen LogP contribution is 2.45. The number of H-pyrrole nitrogens is 1. The molecule has 0 aliphatic carbocycles. The Morgan fingerprint density at radius 1 is 1.15 bits per heavy atom. The van der Waals surface area contributed by atoms with Crippen LogP contribution in [0.5, 0.6) is 5.75 Å². The number of hydrogen-bond acceptors (Lipinski definition) is 3. The molecule has 6 nitrogen and oxygen atoms in total. The maximum Gasteiger partial charge on any atom is 0.248 e. The molecule has 26 heavy (non-hydrogen) atoms. The molecule has 2 amide bonds. The largest absolute Gasteiger partial charge is 0.497 e. The zero-order chi connectivity index (χ0) is 18.3. The number of nitrogens with zero attached hydrogens (tertiary/aromatic N) is 1. The second-order valence-corrected chi connectivity index (χ2v) is 6.07. The van der Waals surface area contributed by atoms with Gasteiger partial charge in [-0.1, -0.05) is 0 Å². The Balaban J connectivity index is 1.87. The van der Waals surface area contributed by atoms with Gasteiger partial charge in [-0.3, -0.25) is 14.5 Å². The first-order chi connectivity index (χ1) is 12.6. The Labute approximate surface area is 150 Å². The van der Waals surface area contributed by atoms with E-state index in [1.165, 1.54) is 0 Å². The third-order valence-corrected chi connectivity index (χ3v) is 4.59. The van der Waals surface area contributed by atoms with Crippen LogP contribution in [0.15, 0.2) is 60.8 Å². The SMILES string of the molecule is COc1ccc(N2C(=O)C(c3ccc[nH]3)c3cc(C(N)=O)ccc32)cc1. The standard InChI is InChI=1S/C20H17N3O3/c1-26-14-7-5-13(6-8-14)23-17-9-4-12(19(21)24)11-15(17)18(20(23)25)16-3-2-10-22-16/h2-11,18,22H,1H3,(H2,21,24). The molecule has 0 saturated heterocycles. The summed E-state index contributed by atoms with van der Waals surface area (Å²) < 4.78 is 5.19. The molecule has 3 aromatic rings. The van der Waals surface area contributed by atoms with Crippen molar-refractivity contribution in [2.45, 2.75) is 5.92 Å². The quantitative estimate of drug-likeness (QED) is 0.760. The number of carbonyl (C=O) groups is 2. The van der Waals surface area contributed by atoms with Crippen LogP contribution in [-0.2, 0) is 4.79 Å². The average molecular weight is 347 g/mol. The Kier molecular flexibility index (Phi) is 3.73. The monoisotopic (exact) mass is 347 g/mol. The van der Waals surface area contributed by atoms with E-state index in [9.17, 15) is 9.59 Å². The first-order valence-corrected chi connectivity index (χ1v) is 8.15. The summed E-state index contributed by atoms with van der Waals surface area (Å²) in [6.45, 7) is 0. The van der Waals surface area contributed by atoms with Crippen molar-refractivity contribution in [1.82, 2.24) is 4.98 Å². The van der Waals surface area contributed by atoms with Gasteiger partial charge in [-0.25, -0.2) is 0 Å². The maximum atomic E-state index is 13.3. The van der Waals surface area contributed by atoms with Gasteiger partial charge in [0, 0.05) is 23.1 Å². The Bertz CT molecular complexity index is 978. The summed E-state index contributed by atoms with van der Waals surface area (Å²) in [6, 6.07) is 16.1. The zero-order valence-electron chi connectivity index (χ0n) is 14.1. The molecule has 1 atom stereocenters. The molecule has 0 bridgehead atoms. The molecular weight excluding hydrogens is 330 g/mol. The molecular formula is C20H17N3O3. The van der Waals surface area contributed by atoms with Gasteiger partial charge in [0.25, 0.3) is 0 Å². The van der Waals surface area contributed by atoms with Gasteiger partial charge < -0.3 is 15.5 Å². The normalized spacial score (nSPS) is 15.8. The third-order valence-electron chi connectivity index (χ3n) is 4.59. The Hall–Kier alpha value is -3.54. The highest BCUT2D eigenvalue weighted by Gasteiger charge is 2.40. The summed E-state index contributed by atoms with van der Waals surface area (Å²) in [5.41, 5.74) is 8.81. The Morgan fingerprint density at radius 2 is 1.92 bits per heavy atom. The highest BCUT2D eigenvalue weighted by molar-refractivity contribution is 6.12. The van der Waals surface area contributed by atoms with Crippen LogP contribution in [0, 0.1) is 0 Å². The number of aromatic nitrogens is 1. The van der Waals surface area contributed by atoms with E-state index in [-0.39, 0.29) is 5.91 Å². The van der Waals surface area contributed by atoms with Crippen molar-refractivity contribution in [1.29, 1.82) is 0 Å². The summed E-state index contributed by atoms with van der Waals surface area (Å²) >= 11 is 0. The fourth-order valence-electron chi connectivity index (χ4n) is 3.35. The third kappa shape index (κ3) is 2.43. The van der Waals surface area contributed by atoms with Crippen molar-refractivity contribution in [3.8, 4) is 5.75 Å². The van der Waals surface area contributed by atoms with E-state index >= 15 is 0 Å². The molecule has 2 heterocycles. The van der Waals surface area contributed by atoms with Crippen LogP contribution in [0.3, 0.4) is 0 Å². The van der Waals surface area contributed by atoms with Crippen molar-refractivity contribution in [3.63, 3.8) is 0 Å². The summed E-state index contributed by atoms with van der Waals surface area (Å²) in [5, 5.41) is 0. The number of carbonyl (C=O) groups excluding carboxylic acids is 2. The van der Waals surface area contributed by atoms with E-state index in [4.69, 9.17) is 10.5 Å². The summed E-state index contributed by atoms with van der Waals surface area (Å²) in [6.07, 6.45) is 1.77. The summed E-state index contributed by atoms with van der Waals surface area (Å²) in [5.74, 6) is -0.408.